The highest BCUT2D eigenvalue weighted by atomic mass is 16.1. The summed E-state index contributed by atoms with van der Waals surface area (Å²) in [5.74, 6) is 0.669. The molecule has 0 spiro atoms. The van der Waals surface area contributed by atoms with Crippen LogP contribution in [0.15, 0.2) is 79.0 Å². The molecule has 4 rings (SSSR count). The van der Waals surface area contributed by atoms with E-state index in [2.05, 4.69) is 45.2 Å². The second kappa shape index (κ2) is 8.48. The summed E-state index contributed by atoms with van der Waals surface area (Å²) >= 11 is 0. The summed E-state index contributed by atoms with van der Waals surface area (Å²) in [7, 11) is 0. The summed E-state index contributed by atoms with van der Waals surface area (Å²) in [6.07, 6.45) is 3.63. The van der Waals surface area contributed by atoms with Crippen LogP contribution in [0.5, 0.6) is 0 Å². The number of fused-ring (bicyclic) bond motifs is 1. The second-order valence-corrected chi connectivity index (χ2v) is 6.66. The van der Waals surface area contributed by atoms with E-state index in [0.717, 1.165) is 36.2 Å². The Morgan fingerprint density at radius 1 is 0.929 bits per heavy atom. The van der Waals surface area contributed by atoms with E-state index in [9.17, 15) is 4.79 Å². The maximum Gasteiger partial charge on any atom is 0.270 e. The molecule has 5 nitrogen and oxygen atoms in total. The van der Waals surface area contributed by atoms with Gasteiger partial charge in [0, 0.05) is 12.7 Å². The summed E-state index contributed by atoms with van der Waals surface area (Å²) in [6.45, 7) is 1.22. The number of imidazole rings is 1. The first-order valence-electron chi connectivity index (χ1n) is 9.48. The molecule has 5 heteroatoms. The van der Waals surface area contributed by atoms with Gasteiger partial charge in [0.05, 0.1) is 17.6 Å². The van der Waals surface area contributed by atoms with E-state index >= 15 is 0 Å². The molecule has 0 aliphatic rings. The van der Waals surface area contributed by atoms with Gasteiger partial charge in [0.15, 0.2) is 0 Å². The third-order valence-electron chi connectivity index (χ3n) is 4.73. The zero-order valence-electron chi connectivity index (χ0n) is 15.6. The predicted molar refractivity (Wildman–Crippen MR) is 110 cm³/mol. The molecule has 0 saturated carbocycles. The molecule has 1 N–H and O–H groups in total. The molecule has 0 aliphatic carbocycles. The topological polar surface area (TPSA) is 59.8 Å². The molecule has 2 aromatic carbocycles. The Bertz CT molecular complexity index is 1060. The molecule has 0 aliphatic heterocycles. The fourth-order valence-corrected chi connectivity index (χ4v) is 3.34. The number of pyridine rings is 1. The van der Waals surface area contributed by atoms with Crippen molar-refractivity contribution in [1.82, 2.24) is 19.9 Å². The Morgan fingerprint density at radius 3 is 2.54 bits per heavy atom. The normalized spacial score (nSPS) is 10.9. The quantitative estimate of drug-likeness (QED) is 0.535. The fourth-order valence-electron chi connectivity index (χ4n) is 3.34. The monoisotopic (exact) mass is 370 g/mol. The van der Waals surface area contributed by atoms with E-state index in [-0.39, 0.29) is 5.91 Å². The number of amides is 1. The van der Waals surface area contributed by atoms with Gasteiger partial charge in [0.25, 0.3) is 5.91 Å². The largest absolute Gasteiger partial charge is 0.343 e. The SMILES string of the molecule is O=C(NCc1nc2ccccc2n1CCCc1ccccc1)c1ccccn1. The van der Waals surface area contributed by atoms with Gasteiger partial charge in [0.2, 0.25) is 0 Å². The maximum absolute atomic E-state index is 12.3. The molecule has 0 atom stereocenters. The number of nitrogens with zero attached hydrogens (tertiary/aromatic N) is 3. The Kier molecular flexibility index (Phi) is 5.43. The molecule has 0 unspecified atom stereocenters. The van der Waals surface area contributed by atoms with Crippen LogP contribution in [-0.2, 0) is 19.5 Å². The van der Waals surface area contributed by atoms with Crippen LogP contribution in [0.1, 0.15) is 28.3 Å². The number of hydrogen-bond acceptors (Lipinski definition) is 3. The van der Waals surface area contributed by atoms with Crippen LogP contribution in [0.4, 0.5) is 0 Å². The summed E-state index contributed by atoms with van der Waals surface area (Å²) in [5.41, 5.74) is 3.79. The van der Waals surface area contributed by atoms with E-state index in [1.807, 2.05) is 24.3 Å². The van der Waals surface area contributed by atoms with Crippen molar-refractivity contribution >= 4 is 16.9 Å². The van der Waals surface area contributed by atoms with E-state index in [1.165, 1.54) is 5.56 Å². The molecule has 0 bridgehead atoms. The van der Waals surface area contributed by atoms with E-state index in [0.29, 0.717) is 12.2 Å². The van der Waals surface area contributed by atoms with Gasteiger partial charge in [-0.2, -0.15) is 0 Å². The zero-order valence-corrected chi connectivity index (χ0v) is 15.6. The van der Waals surface area contributed by atoms with E-state index in [1.54, 1.807) is 24.4 Å². The van der Waals surface area contributed by atoms with Crippen molar-refractivity contribution in [2.75, 3.05) is 0 Å². The van der Waals surface area contributed by atoms with Crippen molar-refractivity contribution in [3.8, 4) is 0 Å². The van der Waals surface area contributed by atoms with Gasteiger partial charge in [-0.1, -0.05) is 48.5 Å². The van der Waals surface area contributed by atoms with Crippen LogP contribution in [0.25, 0.3) is 11.0 Å². The second-order valence-electron chi connectivity index (χ2n) is 6.66. The van der Waals surface area contributed by atoms with Crippen molar-refractivity contribution in [3.05, 3.63) is 96.1 Å². The average molecular weight is 370 g/mol. The lowest BCUT2D eigenvalue weighted by molar-refractivity contribution is 0.0944. The highest BCUT2D eigenvalue weighted by molar-refractivity contribution is 5.92. The van der Waals surface area contributed by atoms with Crippen molar-refractivity contribution in [1.29, 1.82) is 0 Å². The van der Waals surface area contributed by atoms with Crippen LogP contribution in [0.3, 0.4) is 0 Å². The molecule has 0 radical (unpaired) electrons. The van der Waals surface area contributed by atoms with Gasteiger partial charge in [-0.25, -0.2) is 4.98 Å². The van der Waals surface area contributed by atoms with Gasteiger partial charge in [-0.05, 0) is 42.7 Å². The van der Waals surface area contributed by atoms with Crippen LogP contribution >= 0.6 is 0 Å². The Balaban J connectivity index is 1.49. The number of benzene rings is 2. The number of carbonyl (C=O) groups excluding carboxylic acids is 1. The minimum absolute atomic E-state index is 0.191. The molecule has 2 heterocycles. The van der Waals surface area contributed by atoms with Crippen LogP contribution in [-0.4, -0.2) is 20.4 Å². The van der Waals surface area contributed by atoms with E-state index in [4.69, 9.17) is 4.98 Å². The van der Waals surface area contributed by atoms with E-state index < -0.39 is 0 Å². The number of hydrogen-bond donors (Lipinski definition) is 1. The Hall–Kier alpha value is -3.47. The standard InChI is InChI=1S/C23H22N4O/c28-23(20-13-6-7-15-24-20)25-17-22-26-19-12-4-5-14-21(19)27(22)16-8-11-18-9-2-1-3-10-18/h1-7,9-10,12-15H,8,11,16-17H2,(H,25,28). The molecule has 140 valence electrons. The van der Waals surface area contributed by atoms with Gasteiger partial charge < -0.3 is 9.88 Å². The average Bonchev–Trinajstić information content (AvgIpc) is 3.11. The maximum atomic E-state index is 12.3. The molecule has 1 amide bonds. The molecule has 0 saturated heterocycles. The molecule has 28 heavy (non-hydrogen) atoms. The first-order valence-corrected chi connectivity index (χ1v) is 9.48. The molecule has 0 fully saturated rings. The smallest absolute Gasteiger partial charge is 0.270 e. The number of para-hydroxylation sites is 2. The highest BCUT2D eigenvalue weighted by Crippen LogP contribution is 2.17. The zero-order chi connectivity index (χ0) is 19.2. The lowest BCUT2D eigenvalue weighted by Crippen LogP contribution is -2.25. The first kappa shape index (κ1) is 17.9. The summed E-state index contributed by atoms with van der Waals surface area (Å²) in [6, 6.07) is 23.9. The summed E-state index contributed by atoms with van der Waals surface area (Å²) in [5, 5.41) is 2.94. The first-order chi connectivity index (χ1) is 13.8. The molecular weight excluding hydrogens is 348 g/mol. The number of rotatable bonds is 7. The lowest BCUT2D eigenvalue weighted by atomic mass is 10.1. The Labute approximate surface area is 164 Å². The van der Waals surface area contributed by atoms with Gasteiger partial charge >= 0.3 is 0 Å². The molecule has 2 aromatic heterocycles. The van der Waals surface area contributed by atoms with Crippen LogP contribution < -0.4 is 5.32 Å². The van der Waals surface area contributed by atoms with Crippen molar-refractivity contribution in [2.45, 2.75) is 25.9 Å². The molecule has 4 aromatic rings. The predicted octanol–water partition coefficient (Wildman–Crippen LogP) is 3.99. The number of aryl methyl sites for hydroxylation is 2. The number of aromatic nitrogens is 3. The van der Waals surface area contributed by atoms with Crippen molar-refractivity contribution in [2.24, 2.45) is 0 Å². The fraction of sp³-hybridized carbons (Fsp3) is 0.174. The van der Waals surface area contributed by atoms with Crippen molar-refractivity contribution in [3.63, 3.8) is 0 Å². The minimum atomic E-state index is -0.191. The summed E-state index contributed by atoms with van der Waals surface area (Å²) in [4.78, 5) is 21.2. The summed E-state index contributed by atoms with van der Waals surface area (Å²) < 4.78 is 2.21. The van der Waals surface area contributed by atoms with Gasteiger partial charge in [-0.3, -0.25) is 9.78 Å². The highest BCUT2D eigenvalue weighted by Gasteiger charge is 2.12. The number of nitrogens with one attached hydrogen (secondary N) is 1. The van der Waals surface area contributed by atoms with Crippen LogP contribution in [0, 0.1) is 0 Å². The van der Waals surface area contributed by atoms with Crippen LogP contribution in [0.2, 0.25) is 0 Å². The minimum Gasteiger partial charge on any atom is -0.343 e. The number of carbonyl (C=O) groups is 1. The third-order valence-corrected chi connectivity index (χ3v) is 4.73. The van der Waals surface area contributed by atoms with Crippen molar-refractivity contribution < 1.29 is 4.79 Å². The third kappa shape index (κ3) is 4.09. The lowest BCUT2D eigenvalue weighted by Gasteiger charge is -2.10. The Morgan fingerprint density at radius 2 is 1.71 bits per heavy atom. The molecular formula is C23H22N4O. The van der Waals surface area contributed by atoms with Gasteiger partial charge in [-0.15, -0.1) is 0 Å². The van der Waals surface area contributed by atoms with Gasteiger partial charge in [0.1, 0.15) is 11.5 Å².